The summed E-state index contributed by atoms with van der Waals surface area (Å²) in [4.78, 5) is 23.3. The second-order valence-corrected chi connectivity index (χ2v) is 6.11. The van der Waals surface area contributed by atoms with E-state index in [1.54, 1.807) is 6.92 Å². The van der Waals surface area contributed by atoms with Crippen molar-refractivity contribution >= 4 is 21.9 Å². The predicted octanol–water partition coefficient (Wildman–Crippen LogP) is -0.563. The average Bonchev–Trinajstić information content (AvgIpc) is 2.61. The molecule has 0 radical (unpaired) electrons. The number of nitrogens with zero attached hydrogens (tertiary/aromatic N) is 1. The summed E-state index contributed by atoms with van der Waals surface area (Å²) < 4.78 is 29.3. The molecule has 1 N–H and O–H groups in total. The van der Waals surface area contributed by atoms with Crippen molar-refractivity contribution in [3.05, 3.63) is 0 Å². The zero-order chi connectivity index (χ0) is 14.0. The van der Waals surface area contributed by atoms with Crippen LogP contribution in [0.5, 0.6) is 0 Å². The van der Waals surface area contributed by atoms with Gasteiger partial charge < -0.3 is 10.1 Å². The normalized spacial score (nSPS) is 24.8. The fraction of sp³-hybridized carbons (Fsp3) is 0.800. The number of esters is 1. The van der Waals surface area contributed by atoms with Gasteiger partial charge in [0.05, 0.1) is 12.9 Å². The Hall–Kier alpha value is -1.15. The summed E-state index contributed by atoms with van der Waals surface area (Å²) in [7, 11) is -3.60. The molecule has 0 saturated carbocycles. The lowest BCUT2D eigenvalue weighted by Gasteiger charge is -2.34. The Morgan fingerprint density at radius 3 is 2.50 bits per heavy atom. The van der Waals surface area contributed by atoms with Crippen molar-refractivity contribution in [3.8, 4) is 0 Å². The maximum absolute atomic E-state index is 12.0. The summed E-state index contributed by atoms with van der Waals surface area (Å²) in [5, 5.41) is 2.43. The third-order valence-electron chi connectivity index (χ3n) is 2.72. The van der Waals surface area contributed by atoms with Crippen LogP contribution in [0, 0.1) is 0 Å². The van der Waals surface area contributed by atoms with E-state index in [9.17, 15) is 18.0 Å². The molecule has 1 heterocycles. The molecule has 0 aliphatic carbocycles. The van der Waals surface area contributed by atoms with Gasteiger partial charge in [0.25, 0.3) is 0 Å². The predicted molar refractivity (Wildman–Crippen MR) is 64.0 cm³/mol. The van der Waals surface area contributed by atoms with E-state index in [0.717, 1.165) is 10.6 Å². The van der Waals surface area contributed by atoms with E-state index >= 15 is 0 Å². The number of hydrogen-bond donors (Lipinski definition) is 1. The number of carbonyl (C=O) groups excluding carboxylic acids is 2. The smallest absolute Gasteiger partial charge is 0.348 e. The third kappa shape index (κ3) is 2.81. The molecule has 0 bridgehead atoms. The van der Waals surface area contributed by atoms with Crippen LogP contribution >= 0.6 is 0 Å². The van der Waals surface area contributed by atoms with E-state index in [1.807, 2.05) is 0 Å². The number of amides is 1. The highest BCUT2D eigenvalue weighted by molar-refractivity contribution is 7.88. The minimum Gasteiger partial charge on any atom is -0.463 e. The van der Waals surface area contributed by atoms with Crippen LogP contribution in [0.25, 0.3) is 0 Å². The molecular formula is C10H18N2O5S. The first-order valence-corrected chi connectivity index (χ1v) is 7.52. The van der Waals surface area contributed by atoms with Crippen molar-refractivity contribution < 1.29 is 22.7 Å². The fourth-order valence-electron chi connectivity index (χ4n) is 2.16. The molecule has 1 fully saturated rings. The molecule has 1 aliphatic rings. The third-order valence-corrected chi connectivity index (χ3v) is 4.02. The average molecular weight is 278 g/mol. The van der Waals surface area contributed by atoms with E-state index < -0.39 is 27.6 Å². The molecule has 104 valence electrons. The molecule has 0 aromatic carbocycles. The van der Waals surface area contributed by atoms with Crippen LogP contribution in [-0.4, -0.2) is 49.7 Å². The highest BCUT2D eigenvalue weighted by Gasteiger charge is 2.53. The van der Waals surface area contributed by atoms with Gasteiger partial charge in [0.1, 0.15) is 0 Å². The second kappa shape index (κ2) is 5.23. The van der Waals surface area contributed by atoms with Crippen LogP contribution < -0.4 is 5.32 Å². The molecule has 0 spiro atoms. The van der Waals surface area contributed by atoms with Gasteiger partial charge in [-0.1, -0.05) is 0 Å². The lowest BCUT2D eigenvalue weighted by molar-refractivity contribution is -0.157. The fourth-order valence-corrected chi connectivity index (χ4v) is 3.40. The first kappa shape index (κ1) is 14.9. The van der Waals surface area contributed by atoms with E-state index in [2.05, 4.69) is 5.32 Å². The van der Waals surface area contributed by atoms with Gasteiger partial charge in [-0.3, -0.25) is 4.79 Å². The number of hydrogen-bond acceptors (Lipinski definition) is 5. The van der Waals surface area contributed by atoms with Crippen molar-refractivity contribution in [2.45, 2.75) is 32.4 Å². The minimum absolute atomic E-state index is 0.123. The van der Waals surface area contributed by atoms with Crippen molar-refractivity contribution in [2.75, 3.05) is 19.4 Å². The van der Waals surface area contributed by atoms with Crippen LogP contribution in [0.3, 0.4) is 0 Å². The largest absolute Gasteiger partial charge is 0.463 e. The van der Waals surface area contributed by atoms with E-state index in [1.165, 1.54) is 6.92 Å². The monoisotopic (exact) mass is 278 g/mol. The van der Waals surface area contributed by atoms with Crippen LogP contribution in [0.2, 0.25) is 0 Å². The van der Waals surface area contributed by atoms with Gasteiger partial charge >= 0.3 is 5.97 Å². The lowest BCUT2D eigenvalue weighted by Crippen LogP contribution is -2.63. The van der Waals surface area contributed by atoms with Gasteiger partial charge in [0, 0.05) is 13.5 Å². The Morgan fingerprint density at radius 2 is 2.06 bits per heavy atom. The maximum Gasteiger partial charge on any atom is 0.348 e. The summed E-state index contributed by atoms with van der Waals surface area (Å²) >= 11 is 0. The van der Waals surface area contributed by atoms with E-state index in [-0.39, 0.29) is 19.6 Å². The molecule has 1 atom stereocenters. The summed E-state index contributed by atoms with van der Waals surface area (Å²) in [5.74, 6) is -1.21. The summed E-state index contributed by atoms with van der Waals surface area (Å²) in [6, 6.07) is 0. The number of ether oxygens (including phenoxy) is 1. The molecule has 1 amide bonds. The SMILES string of the molecule is CCOC(=O)C1(NC(C)=O)CCCN1S(C)(=O)=O. The maximum atomic E-state index is 12.0. The Bertz CT molecular complexity index is 447. The van der Waals surface area contributed by atoms with E-state index in [4.69, 9.17) is 4.74 Å². The molecule has 7 nitrogen and oxygen atoms in total. The molecule has 0 aromatic rings. The molecule has 0 aromatic heterocycles. The van der Waals surface area contributed by atoms with Gasteiger partial charge in [0.15, 0.2) is 0 Å². The Balaban J connectivity index is 3.18. The van der Waals surface area contributed by atoms with Crippen molar-refractivity contribution in [1.82, 2.24) is 9.62 Å². The van der Waals surface area contributed by atoms with Gasteiger partial charge in [-0.2, -0.15) is 4.31 Å². The van der Waals surface area contributed by atoms with Crippen molar-refractivity contribution in [2.24, 2.45) is 0 Å². The molecule has 1 rings (SSSR count). The zero-order valence-corrected chi connectivity index (χ0v) is 11.5. The van der Waals surface area contributed by atoms with Gasteiger partial charge in [-0.05, 0) is 19.8 Å². The molecule has 1 unspecified atom stereocenters. The number of sulfonamides is 1. The first-order valence-electron chi connectivity index (χ1n) is 5.68. The molecule has 1 aliphatic heterocycles. The zero-order valence-electron chi connectivity index (χ0n) is 10.7. The number of rotatable bonds is 4. The summed E-state index contributed by atoms with van der Waals surface area (Å²) in [5.41, 5.74) is -1.59. The van der Waals surface area contributed by atoms with Crippen molar-refractivity contribution in [3.63, 3.8) is 0 Å². The van der Waals surface area contributed by atoms with Crippen LogP contribution in [0.4, 0.5) is 0 Å². The topological polar surface area (TPSA) is 92.8 Å². The number of nitrogens with one attached hydrogen (secondary N) is 1. The molecule has 18 heavy (non-hydrogen) atoms. The summed E-state index contributed by atoms with van der Waals surface area (Å²) in [6.45, 7) is 3.18. The Morgan fingerprint density at radius 1 is 1.44 bits per heavy atom. The Labute approximate surface area is 107 Å². The highest BCUT2D eigenvalue weighted by Crippen LogP contribution is 2.30. The lowest BCUT2D eigenvalue weighted by atomic mass is 10.1. The van der Waals surface area contributed by atoms with Gasteiger partial charge in [-0.25, -0.2) is 13.2 Å². The standard InChI is InChI=1S/C10H18N2O5S/c1-4-17-9(14)10(11-8(2)13)6-5-7-12(10)18(3,15)16/h4-7H2,1-3H3,(H,11,13). The van der Waals surface area contributed by atoms with Crippen LogP contribution in [0.1, 0.15) is 26.7 Å². The Kier molecular flexibility index (Phi) is 4.33. The summed E-state index contributed by atoms with van der Waals surface area (Å²) in [6.07, 6.45) is 1.72. The minimum atomic E-state index is -3.60. The van der Waals surface area contributed by atoms with Crippen LogP contribution in [0.15, 0.2) is 0 Å². The number of carbonyl (C=O) groups is 2. The second-order valence-electron chi connectivity index (χ2n) is 4.20. The van der Waals surface area contributed by atoms with Gasteiger partial charge in [-0.15, -0.1) is 0 Å². The quantitative estimate of drug-likeness (QED) is 0.696. The first-order chi connectivity index (χ1) is 8.24. The molecule has 1 saturated heterocycles. The molecule has 8 heteroatoms. The van der Waals surface area contributed by atoms with E-state index in [0.29, 0.717) is 6.42 Å². The molecular weight excluding hydrogens is 260 g/mol. The highest BCUT2D eigenvalue weighted by atomic mass is 32.2. The van der Waals surface area contributed by atoms with Crippen molar-refractivity contribution in [1.29, 1.82) is 0 Å². The van der Waals surface area contributed by atoms with Gasteiger partial charge in [0.2, 0.25) is 21.6 Å². The van der Waals surface area contributed by atoms with Crippen LogP contribution in [-0.2, 0) is 24.3 Å².